The second kappa shape index (κ2) is 6.01. The van der Waals surface area contributed by atoms with Gasteiger partial charge in [0.15, 0.2) is 0 Å². The highest BCUT2D eigenvalue weighted by molar-refractivity contribution is 6.31. The molecule has 118 valence electrons. The number of carbonyl (C=O) groups excluding carboxylic acids is 2. The van der Waals surface area contributed by atoms with Crippen LogP contribution in [0.2, 0.25) is 5.02 Å². The average Bonchev–Trinajstić information content (AvgIpc) is 2.75. The highest BCUT2D eigenvalue weighted by Gasteiger charge is 2.25. The number of halogens is 1. The Morgan fingerprint density at radius 1 is 1.23 bits per heavy atom. The standard InChI is InChI=1S/C16H18ClNO4/c1-5-21-14(19)13-8-10-6-7-11(17)9-12(10)18(13)15(20)22-16(2,3)4/h6-9H,5H2,1-4H3. The van der Waals surface area contributed by atoms with Crippen molar-refractivity contribution in [3.8, 4) is 0 Å². The van der Waals surface area contributed by atoms with Crippen molar-refractivity contribution in [3.05, 3.63) is 35.0 Å². The molecule has 0 radical (unpaired) electrons. The number of benzene rings is 1. The molecule has 0 N–H and O–H groups in total. The highest BCUT2D eigenvalue weighted by atomic mass is 35.5. The number of hydrogen-bond donors (Lipinski definition) is 0. The summed E-state index contributed by atoms with van der Waals surface area (Å²) in [7, 11) is 0. The molecule has 0 aliphatic rings. The minimum absolute atomic E-state index is 0.119. The van der Waals surface area contributed by atoms with Crippen molar-refractivity contribution in [3.63, 3.8) is 0 Å². The molecule has 2 rings (SSSR count). The Hall–Kier alpha value is -2.01. The van der Waals surface area contributed by atoms with Crippen LogP contribution in [0.1, 0.15) is 38.2 Å². The fraction of sp³-hybridized carbons (Fsp3) is 0.375. The fourth-order valence-corrected chi connectivity index (χ4v) is 2.20. The normalized spacial score (nSPS) is 11.5. The van der Waals surface area contributed by atoms with Gasteiger partial charge in [-0.05, 0) is 45.9 Å². The van der Waals surface area contributed by atoms with E-state index in [2.05, 4.69) is 0 Å². The second-order valence-corrected chi connectivity index (χ2v) is 6.21. The zero-order valence-corrected chi connectivity index (χ0v) is 13.7. The summed E-state index contributed by atoms with van der Waals surface area (Å²) in [6.45, 7) is 7.19. The fourth-order valence-electron chi connectivity index (χ4n) is 2.03. The monoisotopic (exact) mass is 323 g/mol. The minimum atomic E-state index is -0.682. The Labute approximate surface area is 133 Å². The van der Waals surface area contributed by atoms with Gasteiger partial charge in [0.2, 0.25) is 0 Å². The lowest BCUT2D eigenvalue weighted by Gasteiger charge is -2.20. The zero-order valence-electron chi connectivity index (χ0n) is 13.0. The van der Waals surface area contributed by atoms with Crippen LogP contribution in [0.15, 0.2) is 24.3 Å². The Balaban J connectivity index is 2.61. The third-order valence-electron chi connectivity index (χ3n) is 2.83. The number of ether oxygens (including phenoxy) is 2. The summed E-state index contributed by atoms with van der Waals surface area (Å²) in [5, 5.41) is 1.17. The number of carbonyl (C=O) groups is 2. The van der Waals surface area contributed by atoms with E-state index in [-0.39, 0.29) is 12.3 Å². The van der Waals surface area contributed by atoms with Gasteiger partial charge in [-0.25, -0.2) is 14.2 Å². The molecule has 0 amide bonds. The van der Waals surface area contributed by atoms with Crippen LogP contribution in [0, 0.1) is 0 Å². The summed E-state index contributed by atoms with van der Waals surface area (Å²) in [6.07, 6.45) is -0.646. The van der Waals surface area contributed by atoms with Gasteiger partial charge in [0.1, 0.15) is 11.3 Å². The molecule has 0 bridgehead atoms. The molecule has 0 saturated heterocycles. The van der Waals surface area contributed by atoms with Gasteiger partial charge in [-0.1, -0.05) is 17.7 Å². The van der Waals surface area contributed by atoms with Gasteiger partial charge in [-0.2, -0.15) is 0 Å². The van der Waals surface area contributed by atoms with Crippen LogP contribution in [-0.2, 0) is 9.47 Å². The molecule has 0 atom stereocenters. The molecular weight excluding hydrogens is 306 g/mol. The van der Waals surface area contributed by atoms with Crippen LogP contribution in [0.25, 0.3) is 10.9 Å². The molecule has 22 heavy (non-hydrogen) atoms. The summed E-state index contributed by atoms with van der Waals surface area (Å²) >= 11 is 6.00. The molecule has 5 nitrogen and oxygen atoms in total. The molecule has 6 heteroatoms. The van der Waals surface area contributed by atoms with Crippen molar-refractivity contribution in [2.24, 2.45) is 0 Å². The maximum atomic E-state index is 12.5. The van der Waals surface area contributed by atoms with E-state index in [1.54, 1.807) is 52.0 Å². The van der Waals surface area contributed by atoms with E-state index in [0.29, 0.717) is 15.9 Å². The van der Waals surface area contributed by atoms with Crippen LogP contribution >= 0.6 is 11.6 Å². The van der Waals surface area contributed by atoms with E-state index in [9.17, 15) is 9.59 Å². The summed E-state index contributed by atoms with van der Waals surface area (Å²) in [5.41, 5.74) is -0.0591. The second-order valence-electron chi connectivity index (χ2n) is 5.77. The first kappa shape index (κ1) is 16.4. The number of fused-ring (bicyclic) bond motifs is 1. The average molecular weight is 324 g/mol. The van der Waals surface area contributed by atoms with Crippen LogP contribution in [0.4, 0.5) is 4.79 Å². The van der Waals surface area contributed by atoms with E-state index in [0.717, 1.165) is 0 Å². The Kier molecular flexibility index (Phi) is 4.47. The van der Waals surface area contributed by atoms with Crippen LogP contribution < -0.4 is 0 Å². The Bertz CT molecular complexity index is 728. The molecule has 0 aliphatic carbocycles. The first-order valence-electron chi connectivity index (χ1n) is 6.94. The van der Waals surface area contributed by atoms with Crippen LogP contribution in [-0.4, -0.2) is 28.8 Å². The molecular formula is C16H18ClNO4. The number of rotatable bonds is 2. The molecule has 1 aromatic heterocycles. The Morgan fingerprint density at radius 3 is 2.50 bits per heavy atom. The number of nitrogens with zero attached hydrogens (tertiary/aromatic N) is 1. The van der Waals surface area contributed by atoms with Gasteiger partial charge in [-0.15, -0.1) is 0 Å². The molecule has 1 heterocycles. The minimum Gasteiger partial charge on any atom is -0.461 e. The van der Waals surface area contributed by atoms with Gasteiger partial charge >= 0.3 is 12.1 Å². The third kappa shape index (κ3) is 3.42. The summed E-state index contributed by atoms with van der Waals surface area (Å²) in [5.74, 6) is -0.583. The van der Waals surface area contributed by atoms with Gasteiger partial charge < -0.3 is 9.47 Å². The van der Waals surface area contributed by atoms with Gasteiger partial charge in [0, 0.05) is 10.4 Å². The van der Waals surface area contributed by atoms with E-state index >= 15 is 0 Å². The molecule has 0 unspecified atom stereocenters. The van der Waals surface area contributed by atoms with Crippen molar-refractivity contribution in [1.82, 2.24) is 4.57 Å². The smallest absolute Gasteiger partial charge is 0.419 e. The van der Waals surface area contributed by atoms with Gasteiger partial charge in [0.05, 0.1) is 12.1 Å². The number of esters is 1. The van der Waals surface area contributed by atoms with Crippen molar-refractivity contribution >= 4 is 34.6 Å². The maximum Gasteiger partial charge on any atom is 0.419 e. The van der Waals surface area contributed by atoms with E-state index in [1.165, 1.54) is 4.57 Å². The lowest BCUT2D eigenvalue weighted by Crippen LogP contribution is -2.29. The lowest BCUT2D eigenvalue weighted by molar-refractivity contribution is 0.0454. The zero-order chi connectivity index (χ0) is 16.5. The lowest BCUT2D eigenvalue weighted by atomic mass is 10.2. The SMILES string of the molecule is CCOC(=O)c1cc2ccc(Cl)cc2n1C(=O)OC(C)(C)C. The molecule has 0 aliphatic heterocycles. The largest absolute Gasteiger partial charge is 0.461 e. The van der Waals surface area contributed by atoms with Crippen LogP contribution in [0.3, 0.4) is 0 Å². The summed E-state index contributed by atoms with van der Waals surface area (Å²) < 4.78 is 11.6. The van der Waals surface area contributed by atoms with Crippen LogP contribution in [0.5, 0.6) is 0 Å². The van der Waals surface area contributed by atoms with Crippen molar-refractivity contribution in [1.29, 1.82) is 0 Å². The first-order valence-corrected chi connectivity index (χ1v) is 7.32. The van der Waals surface area contributed by atoms with E-state index in [4.69, 9.17) is 21.1 Å². The predicted octanol–water partition coefficient (Wildman–Crippen LogP) is 4.25. The first-order chi connectivity index (χ1) is 10.2. The van der Waals surface area contributed by atoms with Crippen molar-refractivity contribution < 1.29 is 19.1 Å². The summed E-state index contributed by atoms with van der Waals surface area (Å²) in [4.78, 5) is 24.6. The Morgan fingerprint density at radius 2 is 1.91 bits per heavy atom. The predicted molar refractivity (Wildman–Crippen MR) is 84.5 cm³/mol. The topological polar surface area (TPSA) is 57.5 Å². The van der Waals surface area contributed by atoms with Gasteiger partial charge in [-0.3, -0.25) is 0 Å². The highest BCUT2D eigenvalue weighted by Crippen LogP contribution is 2.25. The molecule has 2 aromatic rings. The van der Waals surface area contributed by atoms with Crippen molar-refractivity contribution in [2.45, 2.75) is 33.3 Å². The number of aromatic nitrogens is 1. The number of hydrogen-bond acceptors (Lipinski definition) is 4. The molecule has 0 saturated carbocycles. The van der Waals surface area contributed by atoms with E-state index < -0.39 is 17.7 Å². The molecule has 0 spiro atoms. The quantitative estimate of drug-likeness (QED) is 0.775. The third-order valence-corrected chi connectivity index (χ3v) is 3.06. The maximum absolute atomic E-state index is 12.5. The summed E-state index contributed by atoms with van der Waals surface area (Å²) in [6, 6.07) is 6.64. The molecule has 0 fully saturated rings. The van der Waals surface area contributed by atoms with E-state index in [1.807, 2.05) is 0 Å². The van der Waals surface area contributed by atoms with Gasteiger partial charge in [0.25, 0.3) is 0 Å². The molecule has 1 aromatic carbocycles. The van der Waals surface area contributed by atoms with Crippen molar-refractivity contribution in [2.75, 3.05) is 6.61 Å².